The Hall–Kier alpha value is -1.80. The zero-order valence-corrected chi connectivity index (χ0v) is 11.1. The van der Waals surface area contributed by atoms with Gasteiger partial charge in [0.15, 0.2) is 0 Å². The quantitative estimate of drug-likeness (QED) is 0.812. The van der Waals surface area contributed by atoms with E-state index in [0.29, 0.717) is 0 Å². The third-order valence-corrected chi connectivity index (χ3v) is 3.61. The van der Waals surface area contributed by atoms with Crippen LogP contribution in [0, 0.1) is 0 Å². The van der Waals surface area contributed by atoms with Crippen molar-refractivity contribution < 1.29 is 9.47 Å². The summed E-state index contributed by atoms with van der Waals surface area (Å²) < 4.78 is 11.4. The molecule has 19 heavy (non-hydrogen) atoms. The summed E-state index contributed by atoms with van der Waals surface area (Å²) in [5.74, 6) is 0.924. The van der Waals surface area contributed by atoms with E-state index in [9.17, 15) is 0 Å². The lowest BCUT2D eigenvalue weighted by atomic mass is 9.95. The van der Waals surface area contributed by atoms with E-state index in [2.05, 4.69) is 36.4 Å². The molecule has 3 rings (SSSR count). The molecule has 0 bridgehead atoms. The highest BCUT2D eigenvalue weighted by Gasteiger charge is 2.21. The Morgan fingerprint density at radius 3 is 2.74 bits per heavy atom. The van der Waals surface area contributed by atoms with E-state index in [1.807, 2.05) is 12.1 Å². The molecule has 2 heteroatoms. The van der Waals surface area contributed by atoms with Crippen LogP contribution in [0.15, 0.2) is 48.5 Å². The summed E-state index contributed by atoms with van der Waals surface area (Å²) in [6, 6.07) is 16.7. The van der Waals surface area contributed by atoms with Crippen LogP contribution in [0.1, 0.15) is 29.2 Å². The van der Waals surface area contributed by atoms with Crippen LogP contribution in [-0.2, 0) is 11.2 Å². The number of hydrogen-bond acceptors (Lipinski definition) is 2. The Kier molecular flexibility index (Phi) is 3.51. The van der Waals surface area contributed by atoms with Gasteiger partial charge in [0.05, 0.1) is 7.11 Å². The van der Waals surface area contributed by atoms with Crippen molar-refractivity contribution >= 4 is 0 Å². The summed E-state index contributed by atoms with van der Waals surface area (Å²) in [6.07, 6.45) is 2.16. The van der Waals surface area contributed by atoms with E-state index < -0.39 is 0 Å². The third kappa shape index (κ3) is 2.49. The molecule has 0 fully saturated rings. The van der Waals surface area contributed by atoms with Gasteiger partial charge in [-0.25, -0.2) is 0 Å². The van der Waals surface area contributed by atoms with Crippen molar-refractivity contribution in [3.05, 3.63) is 65.2 Å². The molecule has 1 unspecified atom stereocenters. The Morgan fingerprint density at radius 2 is 1.95 bits per heavy atom. The van der Waals surface area contributed by atoms with Crippen LogP contribution in [0.3, 0.4) is 0 Å². The molecule has 1 aliphatic heterocycles. The van der Waals surface area contributed by atoms with Gasteiger partial charge in [-0.05, 0) is 41.7 Å². The van der Waals surface area contributed by atoms with Gasteiger partial charge >= 0.3 is 0 Å². The molecular weight excluding hydrogens is 236 g/mol. The third-order valence-electron chi connectivity index (χ3n) is 3.61. The van der Waals surface area contributed by atoms with Crippen LogP contribution >= 0.6 is 0 Å². The van der Waals surface area contributed by atoms with Crippen molar-refractivity contribution in [3.8, 4) is 5.75 Å². The summed E-state index contributed by atoms with van der Waals surface area (Å²) in [6.45, 7) is 0.802. The lowest BCUT2D eigenvalue weighted by molar-refractivity contribution is 0.0842. The minimum absolute atomic E-state index is 0.0459. The molecule has 2 aromatic carbocycles. The fourth-order valence-electron chi connectivity index (χ4n) is 2.64. The van der Waals surface area contributed by atoms with E-state index in [1.165, 1.54) is 16.7 Å². The number of rotatable bonds is 2. The lowest BCUT2D eigenvalue weighted by Crippen LogP contribution is -2.06. The van der Waals surface area contributed by atoms with Crippen LogP contribution < -0.4 is 4.74 Å². The molecular formula is C17H18O2. The molecule has 1 atom stereocenters. The average Bonchev–Trinajstić information content (AvgIpc) is 2.69. The van der Waals surface area contributed by atoms with E-state index in [4.69, 9.17) is 9.47 Å². The molecule has 1 heterocycles. The first-order valence-electron chi connectivity index (χ1n) is 6.72. The predicted molar refractivity (Wildman–Crippen MR) is 75.6 cm³/mol. The van der Waals surface area contributed by atoms with Crippen LogP contribution in [0.25, 0.3) is 0 Å². The van der Waals surface area contributed by atoms with Gasteiger partial charge in [-0.15, -0.1) is 0 Å². The first kappa shape index (κ1) is 12.2. The van der Waals surface area contributed by atoms with Crippen LogP contribution in [0.5, 0.6) is 5.75 Å². The summed E-state index contributed by atoms with van der Waals surface area (Å²) in [4.78, 5) is 0. The number of ether oxygens (including phenoxy) is 2. The van der Waals surface area contributed by atoms with Crippen molar-refractivity contribution in [2.24, 2.45) is 0 Å². The first-order valence-corrected chi connectivity index (χ1v) is 6.72. The van der Waals surface area contributed by atoms with Gasteiger partial charge < -0.3 is 9.47 Å². The number of benzene rings is 2. The minimum Gasteiger partial charge on any atom is -0.497 e. The van der Waals surface area contributed by atoms with E-state index in [1.54, 1.807) is 7.11 Å². The van der Waals surface area contributed by atoms with E-state index >= 15 is 0 Å². The standard InChI is InChI=1S/C17H18O2/c1-18-15-9-10-16-14(12-15)8-5-11-19-17(16)13-6-3-2-4-7-13/h2-4,6-7,9-10,12,17H,5,8,11H2,1H3. The minimum atomic E-state index is 0.0459. The molecule has 0 aromatic heterocycles. The molecule has 0 radical (unpaired) electrons. The molecule has 0 amide bonds. The van der Waals surface area contributed by atoms with Gasteiger partial charge in [-0.1, -0.05) is 36.4 Å². The van der Waals surface area contributed by atoms with Gasteiger partial charge in [0, 0.05) is 6.61 Å². The van der Waals surface area contributed by atoms with Crippen molar-refractivity contribution in [1.29, 1.82) is 0 Å². The van der Waals surface area contributed by atoms with Gasteiger partial charge in [0.25, 0.3) is 0 Å². The summed E-state index contributed by atoms with van der Waals surface area (Å²) in [5.41, 5.74) is 3.83. The highest BCUT2D eigenvalue weighted by atomic mass is 16.5. The van der Waals surface area contributed by atoms with Crippen molar-refractivity contribution in [2.45, 2.75) is 18.9 Å². The number of fused-ring (bicyclic) bond motifs is 1. The number of methoxy groups -OCH3 is 1. The molecule has 0 aliphatic carbocycles. The Bertz CT molecular complexity index is 548. The molecule has 0 saturated carbocycles. The Balaban J connectivity index is 2.04. The summed E-state index contributed by atoms with van der Waals surface area (Å²) >= 11 is 0. The highest BCUT2D eigenvalue weighted by molar-refractivity contribution is 5.41. The summed E-state index contributed by atoms with van der Waals surface area (Å²) in [7, 11) is 1.71. The van der Waals surface area contributed by atoms with Crippen molar-refractivity contribution in [3.63, 3.8) is 0 Å². The van der Waals surface area contributed by atoms with Gasteiger partial charge in [-0.3, -0.25) is 0 Å². The second kappa shape index (κ2) is 5.45. The molecule has 0 N–H and O–H groups in total. The van der Waals surface area contributed by atoms with E-state index in [-0.39, 0.29) is 6.10 Å². The number of hydrogen-bond donors (Lipinski definition) is 0. The monoisotopic (exact) mass is 254 g/mol. The summed E-state index contributed by atoms with van der Waals surface area (Å²) in [5, 5.41) is 0. The number of aryl methyl sites for hydroxylation is 1. The van der Waals surface area contributed by atoms with Gasteiger partial charge in [-0.2, -0.15) is 0 Å². The molecule has 98 valence electrons. The molecule has 2 aromatic rings. The highest BCUT2D eigenvalue weighted by Crippen LogP contribution is 2.33. The topological polar surface area (TPSA) is 18.5 Å². The SMILES string of the molecule is COc1ccc2c(c1)CCCOC2c1ccccc1. The largest absolute Gasteiger partial charge is 0.497 e. The first-order chi connectivity index (χ1) is 9.38. The maximum absolute atomic E-state index is 6.05. The smallest absolute Gasteiger partial charge is 0.119 e. The second-order valence-electron chi connectivity index (χ2n) is 4.83. The maximum atomic E-state index is 6.05. The van der Waals surface area contributed by atoms with Crippen LogP contribution in [0.4, 0.5) is 0 Å². The van der Waals surface area contributed by atoms with Crippen LogP contribution in [0.2, 0.25) is 0 Å². The fourth-order valence-corrected chi connectivity index (χ4v) is 2.64. The second-order valence-corrected chi connectivity index (χ2v) is 4.83. The fraction of sp³-hybridized carbons (Fsp3) is 0.294. The maximum Gasteiger partial charge on any atom is 0.119 e. The predicted octanol–water partition coefficient (Wildman–Crippen LogP) is 3.75. The molecule has 0 spiro atoms. The molecule has 0 saturated heterocycles. The molecule has 2 nitrogen and oxygen atoms in total. The van der Waals surface area contributed by atoms with E-state index in [0.717, 1.165) is 25.2 Å². The normalized spacial score (nSPS) is 18.5. The van der Waals surface area contributed by atoms with Crippen molar-refractivity contribution in [2.75, 3.05) is 13.7 Å². The average molecular weight is 254 g/mol. The molecule has 1 aliphatic rings. The van der Waals surface area contributed by atoms with Gasteiger partial charge in [0.2, 0.25) is 0 Å². The zero-order chi connectivity index (χ0) is 13.1. The Labute approximate surface area is 114 Å². The van der Waals surface area contributed by atoms with Gasteiger partial charge in [0.1, 0.15) is 11.9 Å². The Morgan fingerprint density at radius 1 is 1.11 bits per heavy atom. The van der Waals surface area contributed by atoms with Crippen LogP contribution in [-0.4, -0.2) is 13.7 Å². The van der Waals surface area contributed by atoms with Crippen molar-refractivity contribution in [1.82, 2.24) is 0 Å². The lowest BCUT2D eigenvalue weighted by Gasteiger charge is -2.19. The zero-order valence-electron chi connectivity index (χ0n) is 11.1.